The van der Waals surface area contributed by atoms with Gasteiger partial charge in [0.15, 0.2) is 11.5 Å². The highest BCUT2D eigenvalue weighted by Gasteiger charge is 2.14. The first-order chi connectivity index (χ1) is 9.33. The number of hydrogen-bond donors (Lipinski definition) is 1. The van der Waals surface area contributed by atoms with E-state index in [1.165, 1.54) is 0 Å². The second-order valence-electron chi connectivity index (χ2n) is 4.38. The fraction of sp³-hybridized carbons (Fsp3) is 0.0625. The van der Waals surface area contributed by atoms with Crippen LogP contribution in [-0.4, -0.2) is 5.78 Å². The van der Waals surface area contributed by atoms with Gasteiger partial charge in [-0.05, 0) is 12.1 Å². The molecular weight excluding hydrogens is 238 g/mol. The van der Waals surface area contributed by atoms with E-state index in [1.807, 2.05) is 60.7 Å². The molecule has 0 radical (unpaired) electrons. The Morgan fingerprint density at radius 1 is 1.00 bits per heavy atom. The van der Waals surface area contributed by atoms with Crippen LogP contribution < -0.4 is 10.3 Å². The summed E-state index contributed by atoms with van der Waals surface area (Å²) in [5, 5.41) is 0. The second kappa shape index (κ2) is 4.98. The highest BCUT2D eigenvalue weighted by molar-refractivity contribution is 5.98. The van der Waals surface area contributed by atoms with Crippen LogP contribution in [0.5, 0.6) is 5.75 Å². The van der Waals surface area contributed by atoms with Crippen molar-refractivity contribution in [3.63, 3.8) is 0 Å². The minimum atomic E-state index is 0.0716. The Bertz CT molecular complexity index is 632. The molecule has 0 saturated heterocycles. The molecule has 2 aromatic carbocycles. The van der Waals surface area contributed by atoms with Gasteiger partial charge in [-0.2, -0.15) is 0 Å². The maximum absolute atomic E-state index is 12.1. The molecule has 94 valence electrons. The number of Topliss-reactive ketones (excluding diaryl/α,β-unsaturated/α-hetero) is 1. The molecule has 0 spiro atoms. The standard InChI is InChI=1S/C16H13NO2/c18-15(12-6-2-1-3-7-12)11-14-10-13-8-4-5-9-16(13)19-17-14/h1-10,17H,11H2. The predicted octanol–water partition coefficient (Wildman–Crippen LogP) is 3.20. The van der Waals surface area contributed by atoms with Crippen LogP contribution in [0.4, 0.5) is 0 Å². The average molecular weight is 251 g/mol. The SMILES string of the molecule is O=C(CC1=Cc2ccccc2ON1)c1ccccc1. The van der Waals surface area contributed by atoms with Gasteiger partial charge in [-0.3, -0.25) is 4.79 Å². The lowest BCUT2D eigenvalue weighted by molar-refractivity contribution is 0.0981. The smallest absolute Gasteiger partial charge is 0.168 e. The third-order valence-electron chi connectivity index (χ3n) is 2.99. The first kappa shape index (κ1) is 11.5. The van der Waals surface area contributed by atoms with Crippen molar-refractivity contribution in [2.75, 3.05) is 0 Å². The molecule has 19 heavy (non-hydrogen) atoms. The van der Waals surface area contributed by atoms with E-state index in [0.29, 0.717) is 12.0 Å². The number of carbonyl (C=O) groups is 1. The summed E-state index contributed by atoms with van der Waals surface area (Å²) in [6.07, 6.45) is 2.25. The quantitative estimate of drug-likeness (QED) is 0.851. The number of hydroxylamine groups is 1. The third-order valence-corrected chi connectivity index (χ3v) is 2.99. The largest absolute Gasteiger partial charge is 0.382 e. The summed E-state index contributed by atoms with van der Waals surface area (Å²) in [6, 6.07) is 17.0. The molecule has 1 heterocycles. The first-order valence-corrected chi connectivity index (χ1v) is 6.13. The number of allylic oxidation sites excluding steroid dienone is 1. The minimum Gasteiger partial charge on any atom is -0.382 e. The molecule has 1 N–H and O–H groups in total. The number of carbonyl (C=O) groups excluding carboxylic acids is 1. The molecule has 0 aliphatic carbocycles. The third kappa shape index (κ3) is 2.50. The van der Waals surface area contributed by atoms with Gasteiger partial charge < -0.3 is 4.84 Å². The van der Waals surface area contributed by atoms with Crippen molar-refractivity contribution in [2.24, 2.45) is 0 Å². The van der Waals surface area contributed by atoms with E-state index in [-0.39, 0.29) is 5.78 Å². The molecule has 0 saturated carbocycles. The molecule has 1 aliphatic rings. The Hall–Kier alpha value is -2.55. The maximum atomic E-state index is 12.1. The second-order valence-corrected chi connectivity index (χ2v) is 4.38. The molecule has 2 aromatic rings. The highest BCUT2D eigenvalue weighted by atomic mass is 16.6. The molecule has 0 amide bonds. The van der Waals surface area contributed by atoms with Crippen molar-refractivity contribution in [1.82, 2.24) is 5.48 Å². The van der Waals surface area contributed by atoms with E-state index in [0.717, 1.165) is 17.0 Å². The van der Waals surface area contributed by atoms with Gasteiger partial charge in [0.1, 0.15) is 0 Å². The zero-order chi connectivity index (χ0) is 13.1. The van der Waals surface area contributed by atoms with E-state index in [9.17, 15) is 4.79 Å². The number of ketones is 1. The number of benzene rings is 2. The molecule has 0 unspecified atom stereocenters. The van der Waals surface area contributed by atoms with Gasteiger partial charge in [-0.25, -0.2) is 5.48 Å². The minimum absolute atomic E-state index is 0.0716. The normalized spacial score (nSPS) is 12.7. The molecule has 1 aliphatic heterocycles. The molecular formula is C16H13NO2. The van der Waals surface area contributed by atoms with Crippen molar-refractivity contribution >= 4 is 11.9 Å². The van der Waals surface area contributed by atoms with Gasteiger partial charge in [0.2, 0.25) is 0 Å². The summed E-state index contributed by atoms with van der Waals surface area (Å²) in [6.45, 7) is 0. The lowest BCUT2D eigenvalue weighted by Crippen LogP contribution is -2.23. The molecule has 0 aromatic heterocycles. The van der Waals surface area contributed by atoms with E-state index in [1.54, 1.807) is 0 Å². The number of fused-ring (bicyclic) bond motifs is 1. The van der Waals surface area contributed by atoms with Gasteiger partial charge in [0.05, 0.1) is 12.1 Å². The maximum Gasteiger partial charge on any atom is 0.168 e. The Kier molecular flexibility index (Phi) is 3.02. The fourth-order valence-corrected chi connectivity index (χ4v) is 2.02. The van der Waals surface area contributed by atoms with E-state index in [2.05, 4.69) is 5.48 Å². The first-order valence-electron chi connectivity index (χ1n) is 6.13. The lowest BCUT2D eigenvalue weighted by atomic mass is 10.0. The Morgan fingerprint density at radius 3 is 2.58 bits per heavy atom. The molecule has 0 bridgehead atoms. The summed E-state index contributed by atoms with van der Waals surface area (Å²) in [5.41, 5.74) is 5.28. The Morgan fingerprint density at radius 2 is 1.74 bits per heavy atom. The van der Waals surface area contributed by atoms with Crippen molar-refractivity contribution in [2.45, 2.75) is 6.42 Å². The van der Waals surface area contributed by atoms with E-state index >= 15 is 0 Å². The molecule has 3 heteroatoms. The summed E-state index contributed by atoms with van der Waals surface area (Å²) in [7, 11) is 0. The van der Waals surface area contributed by atoms with Crippen LogP contribution in [0.1, 0.15) is 22.3 Å². The predicted molar refractivity (Wildman–Crippen MR) is 73.6 cm³/mol. The number of hydrogen-bond acceptors (Lipinski definition) is 3. The average Bonchev–Trinajstić information content (AvgIpc) is 2.48. The van der Waals surface area contributed by atoms with Gasteiger partial charge in [0, 0.05) is 11.1 Å². The summed E-state index contributed by atoms with van der Waals surface area (Å²) < 4.78 is 0. The lowest BCUT2D eigenvalue weighted by Gasteiger charge is -2.18. The van der Waals surface area contributed by atoms with Gasteiger partial charge >= 0.3 is 0 Å². The Labute approximate surface area is 111 Å². The van der Waals surface area contributed by atoms with E-state index < -0.39 is 0 Å². The molecule has 3 rings (SSSR count). The fourth-order valence-electron chi connectivity index (χ4n) is 2.02. The monoisotopic (exact) mass is 251 g/mol. The van der Waals surface area contributed by atoms with Gasteiger partial charge in [0.25, 0.3) is 0 Å². The number of rotatable bonds is 3. The van der Waals surface area contributed by atoms with Crippen LogP contribution in [0.2, 0.25) is 0 Å². The number of para-hydroxylation sites is 1. The summed E-state index contributed by atoms with van der Waals surface area (Å²) >= 11 is 0. The van der Waals surface area contributed by atoms with Crippen molar-refractivity contribution in [1.29, 1.82) is 0 Å². The molecule has 3 nitrogen and oxygen atoms in total. The van der Waals surface area contributed by atoms with E-state index in [4.69, 9.17) is 4.84 Å². The zero-order valence-electron chi connectivity index (χ0n) is 10.3. The highest BCUT2D eigenvalue weighted by Crippen LogP contribution is 2.24. The van der Waals surface area contributed by atoms with Gasteiger partial charge in [-0.15, -0.1) is 0 Å². The van der Waals surface area contributed by atoms with Crippen LogP contribution in [0.3, 0.4) is 0 Å². The van der Waals surface area contributed by atoms with Crippen LogP contribution in [0.15, 0.2) is 60.3 Å². The van der Waals surface area contributed by atoms with Gasteiger partial charge in [-0.1, -0.05) is 48.5 Å². The van der Waals surface area contributed by atoms with Crippen LogP contribution >= 0.6 is 0 Å². The van der Waals surface area contributed by atoms with Crippen molar-refractivity contribution in [3.8, 4) is 5.75 Å². The zero-order valence-corrected chi connectivity index (χ0v) is 10.3. The van der Waals surface area contributed by atoms with Crippen LogP contribution in [0.25, 0.3) is 6.08 Å². The Balaban J connectivity index is 1.79. The van der Waals surface area contributed by atoms with Crippen molar-refractivity contribution < 1.29 is 9.63 Å². The molecule has 0 atom stereocenters. The van der Waals surface area contributed by atoms with Crippen molar-refractivity contribution in [3.05, 3.63) is 71.4 Å². The van der Waals surface area contributed by atoms with Crippen LogP contribution in [-0.2, 0) is 0 Å². The molecule has 0 fully saturated rings. The number of nitrogens with one attached hydrogen (secondary N) is 1. The topological polar surface area (TPSA) is 38.3 Å². The summed E-state index contributed by atoms with van der Waals surface area (Å²) in [5.74, 6) is 0.848. The van der Waals surface area contributed by atoms with Crippen LogP contribution in [0, 0.1) is 0 Å². The summed E-state index contributed by atoms with van der Waals surface area (Å²) in [4.78, 5) is 17.5.